The maximum Gasteiger partial charge on any atom is 0.324 e. The van der Waals surface area contributed by atoms with Crippen molar-refractivity contribution in [1.82, 2.24) is 15.5 Å². The van der Waals surface area contributed by atoms with Gasteiger partial charge in [0.05, 0.1) is 13.1 Å². The standard InChI is InChI=1S/C19H25N3O3/c23-17-12-20-19(25)22(17)13-14-8-10-15(11-9-14)18(24)21-16-6-4-2-1-3-5-7-16/h8-11,16H,1-7,12-13H2,(H,20,25)(H,21,24). The van der Waals surface area contributed by atoms with Crippen LogP contribution in [0, 0.1) is 0 Å². The molecule has 1 saturated carbocycles. The van der Waals surface area contributed by atoms with Crippen LogP contribution in [-0.4, -0.2) is 35.3 Å². The highest BCUT2D eigenvalue weighted by atomic mass is 16.2. The van der Waals surface area contributed by atoms with E-state index >= 15 is 0 Å². The van der Waals surface area contributed by atoms with E-state index in [1.807, 2.05) is 0 Å². The lowest BCUT2D eigenvalue weighted by Crippen LogP contribution is -2.35. The first-order valence-electron chi connectivity index (χ1n) is 9.11. The number of rotatable bonds is 4. The van der Waals surface area contributed by atoms with Gasteiger partial charge in [0, 0.05) is 11.6 Å². The molecule has 0 bridgehead atoms. The zero-order chi connectivity index (χ0) is 17.6. The molecule has 0 aromatic heterocycles. The molecule has 3 rings (SSSR count). The zero-order valence-electron chi connectivity index (χ0n) is 14.4. The molecular weight excluding hydrogens is 318 g/mol. The minimum absolute atomic E-state index is 0.0490. The van der Waals surface area contributed by atoms with E-state index < -0.39 is 0 Å². The van der Waals surface area contributed by atoms with Gasteiger partial charge in [0.2, 0.25) is 5.91 Å². The highest BCUT2D eigenvalue weighted by molar-refractivity contribution is 6.01. The van der Waals surface area contributed by atoms with E-state index in [-0.39, 0.29) is 37.0 Å². The van der Waals surface area contributed by atoms with Crippen molar-refractivity contribution in [3.63, 3.8) is 0 Å². The summed E-state index contributed by atoms with van der Waals surface area (Å²) in [5.41, 5.74) is 1.44. The van der Waals surface area contributed by atoms with Crippen molar-refractivity contribution >= 4 is 17.8 Å². The summed E-state index contributed by atoms with van der Waals surface area (Å²) in [7, 11) is 0. The van der Waals surface area contributed by atoms with Crippen molar-refractivity contribution in [3.8, 4) is 0 Å². The largest absolute Gasteiger partial charge is 0.349 e. The first-order chi connectivity index (χ1) is 12.1. The molecule has 1 aromatic rings. The molecular formula is C19H25N3O3. The highest BCUT2D eigenvalue weighted by Gasteiger charge is 2.28. The Balaban J connectivity index is 1.56. The second-order valence-electron chi connectivity index (χ2n) is 6.85. The Morgan fingerprint density at radius 2 is 1.68 bits per heavy atom. The van der Waals surface area contributed by atoms with Gasteiger partial charge in [0.1, 0.15) is 0 Å². The molecule has 2 N–H and O–H groups in total. The SMILES string of the molecule is O=C(NC1CCCCCCC1)c1ccc(CN2C(=O)CNC2=O)cc1. The minimum atomic E-state index is -0.365. The molecule has 1 aliphatic carbocycles. The quantitative estimate of drug-likeness (QED) is 0.825. The molecule has 0 radical (unpaired) electrons. The van der Waals surface area contributed by atoms with Crippen molar-refractivity contribution in [1.29, 1.82) is 0 Å². The van der Waals surface area contributed by atoms with Gasteiger partial charge >= 0.3 is 6.03 Å². The zero-order valence-corrected chi connectivity index (χ0v) is 14.4. The molecule has 25 heavy (non-hydrogen) atoms. The molecule has 1 aliphatic heterocycles. The lowest BCUT2D eigenvalue weighted by atomic mass is 9.96. The van der Waals surface area contributed by atoms with E-state index in [1.54, 1.807) is 24.3 Å². The van der Waals surface area contributed by atoms with E-state index in [2.05, 4.69) is 10.6 Å². The Morgan fingerprint density at radius 1 is 1.04 bits per heavy atom. The lowest BCUT2D eigenvalue weighted by molar-refractivity contribution is -0.125. The molecule has 0 atom stereocenters. The fourth-order valence-electron chi connectivity index (χ4n) is 3.43. The summed E-state index contributed by atoms with van der Waals surface area (Å²) < 4.78 is 0. The van der Waals surface area contributed by atoms with Gasteiger partial charge in [0.15, 0.2) is 0 Å². The molecule has 0 spiro atoms. The van der Waals surface area contributed by atoms with E-state index in [0.717, 1.165) is 18.4 Å². The van der Waals surface area contributed by atoms with E-state index in [0.29, 0.717) is 5.56 Å². The van der Waals surface area contributed by atoms with Crippen LogP contribution in [0.1, 0.15) is 60.9 Å². The number of urea groups is 1. The van der Waals surface area contributed by atoms with Gasteiger partial charge in [-0.2, -0.15) is 0 Å². The van der Waals surface area contributed by atoms with E-state index in [9.17, 15) is 14.4 Å². The maximum absolute atomic E-state index is 12.4. The smallest absolute Gasteiger partial charge is 0.324 e. The molecule has 2 fully saturated rings. The average Bonchev–Trinajstić information content (AvgIpc) is 2.90. The van der Waals surface area contributed by atoms with Crippen molar-refractivity contribution in [2.24, 2.45) is 0 Å². The molecule has 4 amide bonds. The third-order valence-electron chi connectivity index (χ3n) is 4.93. The molecule has 6 heteroatoms. The van der Waals surface area contributed by atoms with Gasteiger partial charge in [-0.1, -0.05) is 44.2 Å². The Labute approximate surface area is 148 Å². The van der Waals surface area contributed by atoms with Crippen LogP contribution >= 0.6 is 0 Å². The number of benzene rings is 1. The second kappa shape index (κ2) is 8.14. The summed E-state index contributed by atoms with van der Waals surface area (Å²) in [4.78, 5) is 36.8. The first kappa shape index (κ1) is 17.5. The van der Waals surface area contributed by atoms with Gasteiger partial charge in [-0.05, 0) is 30.5 Å². The average molecular weight is 343 g/mol. The van der Waals surface area contributed by atoms with Crippen molar-refractivity contribution in [2.45, 2.75) is 57.5 Å². The molecule has 6 nitrogen and oxygen atoms in total. The number of nitrogens with one attached hydrogen (secondary N) is 2. The topological polar surface area (TPSA) is 78.5 Å². The summed E-state index contributed by atoms with van der Waals surface area (Å²) in [6.07, 6.45) is 8.27. The minimum Gasteiger partial charge on any atom is -0.349 e. The summed E-state index contributed by atoms with van der Waals surface area (Å²) in [5.74, 6) is -0.275. The Hall–Kier alpha value is -2.37. The summed E-state index contributed by atoms with van der Waals surface area (Å²) in [5, 5.41) is 5.64. The van der Waals surface area contributed by atoms with Crippen LogP contribution < -0.4 is 10.6 Å². The summed E-state index contributed by atoms with van der Waals surface area (Å²) in [6, 6.07) is 7.00. The van der Waals surface area contributed by atoms with Crippen LogP contribution in [0.3, 0.4) is 0 Å². The number of carbonyl (C=O) groups excluding carboxylic acids is 3. The van der Waals surface area contributed by atoms with Crippen molar-refractivity contribution in [3.05, 3.63) is 35.4 Å². The number of hydrogen-bond acceptors (Lipinski definition) is 3. The fraction of sp³-hybridized carbons (Fsp3) is 0.526. The van der Waals surface area contributed by atoms with Crippen LogP contribution in [0.2, 0.25) is 0 Å². The molecule has 1 heterocycles. The van der Waals surface area contributed by atoms with Crippen LogP contribution in [0.15, 0.2) is 24.3 Å². The van der Waals surface area contributed by atoms with Gasteiger partial charge in [0.25, 0.3) is 5.91 Å². The number of imide groups is 1. The van der Waals surface area contributed by atoms with Gasteiger partial charge in [-0.15, -0.1) is 0 Å². The molecule has 134 valence electrons. The fourth-order valence-corrected chi connectivity index (χ4v) is 3.43. The Morgan fingerprint density at radius 3 is 2.28 bits per heavy atom. The van der Waals surface area contributed by atoms with Gasteiger partial charge in [-0.3, -0.25) is 14.5 Å². The van der Waals surface area contributed by atoms with Crippen LogP contribution in [0.5, 0.6) is 0 Å². The third kappa shape index (κ3) is 4.59. The van der Waals surface area contributed by atoms with Crippen molar-refractivity contribution < 1.29 is 14.4 Å². The van der Waals surface area contributed by atoms with E-state index in [4.69, 9.17) is 0 Å². The normalized spacial score (nSPS) is 19.3. The number of hydrogen-bond donors (Lipinski definition) is 2. The second-order valence-corrected chi connectivity index (χ2v) is 6.85. The van der Waals surface area contributed by atoms with Crippen molar-refractivity contribution in [2.75, 3.05) is 6.54 Å². The van der Waals surface area contributed by atoms with E-state index in [1.165, 1.54) is 37.0 Å². The predicted octanol–water partition coefficient (Wildman–Crippen LogP) is 2.58. The summed E-state index contributed by atoms with van der Waals surface area (Å²) in [6.45, 7) is 0.288. The van der Waals surface area contributed by atoms with Gasteiger partial charge in [-0.25, -0.2) is 4.79 Å². The Kier molecular flexibility index (Phi) is 5.68. The number of amides is 4. The monoisotopic (exact) mass is 343 g/mol. The number of carbonyl (C=O) groups is 3. The van der Waals surface area contributed by atoms with Crippen LogP contribution in [0.25, 0.3) is 0 Å². The third-order valence-corrected chi connectivity index (χ3v) is 4.93. The highest BCUT2D eigenvalue weighted by Crippen LogP contribution is 2.18. The Bertz CT molecular complexity index is 618. The molecule has 0 unspecified atom stereocenters. The number of nitrogens with zero attached hydrogens (tertiary/aromatic N) is 1. The van der Waals surface area contributed by atoms with Gasteiger partial charge < -0.3 is 10.6 Å². The molecule has 1 aromatic carbocycles. The lowest BCUT2D eigenvalue weighted by Gasteiger charge is -2.21. The maximum atomic E-state index is 12.4. The first-order valence-corrected chi connectivity index (χ1v) is 9.11. The molecule has 1 saturated heterocycles. The molecule has 2 aliphatic rings. The summed E-state index contributed by atoms with van der Waals surface area (Å²) >= 11 is 0. The predicted molar refractivity (Wildman–Crippen MR) is 94.0 cm³/mol. The van der Waals surface area contributed by atoms with Crippen LogP contribution in [0.4, 0.5) is 4.79 Å². The van der Waals surface area contributed by atoms with Crippen LogP contribution in [-0.2, 0) is 11.3 Å².